The van der Waals surface area contributed by atoms with Crippen LogP contribution in [0.3, 0.4) is 0 Å². The van der Waals surface area contributed by atoms with Gasteiger partial charge in [0.25, 0.3) is 0 Å². The molecule has 126 valence electrons. The van der Waals surface area contributed by atoms with Gasteiger partial charge in [0, 0.05) is 18.0 Å². The maximum absolute atomic E-state index is 10.6. The first-order valence-electron chi connectivity index (χ1n) is 9.58. The molecule has 2 bridgehead atoms. The molecule has 0 unspecified atom stereocenters. The molecule has 1 aromatic rings. The highest BCUT2D eigenvalue weighted by Gasteiger charge is 2.51. The average Bonchev–Trinajstić information content (AvgIpc) is 2.56. The van der Waals surface area contributed by atoms with Crippen molar-refractivity contribution in [3.05, 3.63) is 23.3 Å². The Morgan fingerprint density at radius 2 is 2.22 bits per heavy atom. The number of fused-ring (bicyclic) bond motifs is 1. The third-order valence-electron chi connectivity index (χ3n) is 6.60. The van der Waals surface area contributed by atoms with Gasteiger partial charge in [-0.1, -0.05) is 26.2 Å². The van der Waals surface area contributed by atoms with E-state index in [9.17, 15) is 5.11 Å². The van der Waals surface area contributed by atoms with Gasteiger partial charge in [0.05, 0.1) is 5.69 Å². The van der Waals surface area contributed by atoms with Crippen LogP contribution in [0, 0.1) is 5.92 Å². The molecule has 1 saturated heterocycles. The van der Waals surface area contributed by atoms with Crippen molar-refractivity contribution < 1.29 is 5.11 Å². The molecular weight excluding hydrogens is 284 g/mol. The topological polar surface area (TPSA) is 44.3 Å². The zero-order valence-electron chi connectivity index (χ0n) is 14.3. The Balaban J connectivity index is 1.71. The van der Waals surface area contributed by atoms with E-state index in [0.29, 0.717) is 17.2 Å². The Morgan fingerprint density at radius 1 is 1.30 bits per heavy atom. The highest BCUT2D eigenvalue weighted by molar-refractivity contribution is 5.62. The summed E-state index contributed by atoms with van der Waals surface area (Å²) < 4.78 is 0. The lowest BCUT2D eigenvalue weighted by atomic mass is 9.53. The van der Waals surface area contributed by atoms with Crippen LogP contribution in [-0.4, -0.2) is 24.2 Å². The minimum Gasteiger partial charge on any atom is -0.506 e. The summed E-state index contributed by atoms with van der Waals surface area (Å²) in [7, 11) is 0. The molecule has 2 fully saturated rings. The van der Waals surface area contributed by atoms with E-state index in [0.717, 1.165) is 37.5 Å². The van der Waals surface area contributed by atoms with E-state index in [2.05, 4.69) is 29.7 Å². The first-order valence-corrected chi connectivity index (χ1v) is 9.58. The second kappa shape index (κ2) is 6.01. The van der Waals surface area contributed by atoms with Crippen LogP contribution in [0.25, 0.3) is 0 Å². The molecule has 3 heteroatoms. The highest BCUT2D eigenvalue weighted by atomic mass is 16.3. The van der Waals surface area contributed by atoms with E-state index in [-0.39, 0.29) is 0 Å². The molecule has 1 aromatic carbocycles. The number of piperidine rings is 1. The normalized spacial score (nSPS) is 32.0. The van der Waals surface area contributed by atoms with Gasteiger partial charge in [-0.25, -0.2) is 0 Å². The van der Waals surface area contributed by atoms with Gasteiger partial charge in [-0.05, 0) is 67.8 Å². The van der Waals surface area contributed by atoms with Crippen molar-refractivity contribution in [1.29, 1.82) is 0 Å². The number of benzene rings is 1. The maximum atomic E-state index is 10.6. The van der Waals surface area contributed by atoms with Crippen molar-refractivity contribution in [2.24, 2.45) is 5.92 Å². The van der Waals surface area contributed by atoms with Gasteiger partial charge in [0.1, 0.15) is 5.75 Å². The van der Waals surface area contributed by atoms with Crippen LogP contribution in [0.1, 0.15) is 63.0 Å². The monoisotopic (exact) mass is 314 g/mol. The third-order valence-corrected chi connectivity index (χ3v) is 6.60. The fraction of sp³-hybridized carbons (Fsp3) is 0.700. The molecule has 0 aromatic heterocycles. The van der Waals surface area contributed by atoms with Gasteiger partial charge in [-0.2, -0.15) is 0 Å². The van der Waals surface area contributed by atoms with Crippen LogP contribution < -0.4 is 10.6 Å². The Labute approximate surface area is 139 Å². The summed E-state index contributed by atoms with van der Waals surface area (Å²) >= 11 is 0. The molecule has 0 spiro atoms. The number of rotatable bonds is 4. The molecule has 4 rings (SSSR count). The number of nitrogens with one attached hydrogen (secondary N) is 2. The van der Waals surface area contributed by atoms with E-state index in [1.54, 1.807) is 0 Å². The Kier molecular flexibility index (Phi) is 4.00. The standard InChI is InChI=1S/C20H30N2O/c1-2-3-9-21-18-12-14-11-17-15-6-4-5-7-20(15,8-10-22-17)16(14)13-19(18)23/h12-13,15,17,21-23H,2-11H2,1H3/t15-,17+,20+/m0/s1. The van der Waals surface area contributed by atoms with E-state index >= 15 is 0 Å². The largest absolute Gasteiger partial charge is 0.506 e. The van der Waals surface area contributed by atoms with Gasteiger partial charge in [0.15, 0.2) is 0 Å². The van der Waals surface area contributed by atoms with Gasteiger partial charge in [-0.15, -0.1) is 0 Å². The van der Waals surface area contributed by atoms with Crippen molar-refractivity contribution in [1.82, 2.24) is 5.32 Å². The summed E-state index contributed by atoms with van der Waals surface area (Å²) in [6, 6.07) is 5.00. The highest BCUT2D eigenvalue weighted by Crippen LogP contribution is 2.55. The van der Waals surface area contributed by atoms with Crippen LogP contribution >= 0.6 is 0 Å². The molecular formula is C20H30N2O. The van der Waals surface area contributed by atoms with E-state index in [4.69, 9.17) is 0 Å². The predicted molar refractivity (Wildman–Crippen MR) is 95.3 cm³/mol. The number of unbranched alkanes of at least 4 members (excludes halogenated alkanes) is 1. The SMILES string of the molecule is CCCCNc1cc2c(cc1O)[C@@]13CCCC[C@H]1[C@@H](C2)NCC3. The number of anilines is 1. The fourth-order valence-electron chi connectivity index (χ4n) is 5.51. The lowest BCUT2D eigenvalue weighted by molar-refractivity contribution is 0.0796. The smallest absolute Gasteiger partial charge is 0.138 e. The number of hydrogen-bond donors (Lipinski definition) is 3. The molecule has 1 heterocycles. The maximum Gasteiger partial charge on any atom is 0.138 e. The zero-order chi connectivity index (χ0) is 15.9. The Hall–Kier alpha value is -1.22. The third kappa shape index (κ3) is 2.44. The summed E-state index contributed by atoms with van der Waals surface area (Å²) in [4.78, 5) is 0. The first-order chi connectivity index (χ1) is 11.2. The second-order valence-corrected chi connectivity index (χ2v) is 7.83. The van der Waals surface area contributed by atoms with Crippen LogP contribution in [-0.2, 0) is 11.8 Å². The second-order valence-electron chi connectivity index (χ2n) is 7.83. The molecule has 0 radical (unpaired) electrons. The number of aromatic hydroxyl groups is 1. The lowest BCUT2D eigenvalue weighted by Gasteiger charge is -2.56. The fourth-order valence-corrected chi connectivity index (χ4v) is 5.51. The van der Waals surface area contributed by atoms with Crippen LogP contribution in [0.4, 0.5) is 5.69 Å². The molecule has 3 nitrogen and oxygen atoms in total. The zero-order valence-corrected chi connectivity index (χ0v) is 14.3. The average molecular weight is 314 g/mol. The van der Waals surface area contributed by atoms with Crippen molar-refractivity contribution in [2.75, 3.05) is 18.4 Å². The Bertz CT molecular complexity index is 581. The molecule has 1 saturated carbocycles. The van der Waals surface area contributed by atoms with Gasteiger partial charge in [-0.3, -0.25) is 0 Å². The molecule has 3 atom stereocenters. The minimum atomic E-state index is 0.335. The number of phenolic OH excluding ortho intramolecular Hbond substituents is 1. The predicted octanol–water partition coefficient (Wildman–Crippen LogP) is 3.95. The molecule has 23 heavy (non-hydrogen) atoms. The summed E-state index contributed by atoms with van der Waals surface area (Å²) in [5.74, 6) is 1.23. The van der Waals surface area contributed by atoms with Crippen molar-refractivity contribution in [3.63, 3.8) is 0 Å². The van der Waals surface area contributed by atoms with E-state index in [1.807, 2.05) is 0 Å². The van der Waals surface area contributed by atoms with Crippen LogP contribution in [0.2, 0.25) is 0 Å². The minimum absolute atomic E-state index is 0.335. The van der Waals surface area contributed by atoms with Gasteiger partial charge >= 0.3 is 0 Å². The summed E-state index contributed by atoms with van der Waals surface area (Å²) in [5.41, 5.74) is 4.21. The van der Waals surface area contributed by atoms with Crippen molar-refractivity contribution in [2.45, 2.75) is 69.7 Å². The van der Waals surface area contributed by atoms with Crippen molar-refractivity contribution >= 4 is 5.69 Å². The molecule has 3 aliphatic rings. The molecule has 1 aliphatic heterocycles. The number of hydrogen-bond acceptors (Lipinski definition) is 3. The van der Waals surface area contributed by atoms with E-state index < -0.39 is 0 Å². The summed E-state index contributed by atoms with van der Waals surface area (Å²) in [5, 5.41) is 17.8. The van der Waals surface area contributed by atoms with Gasteiger partial charge < -0.3 is 15.7 Å². The summed E-state index contributed by atoms with van der Waals surface area (Å²) in [6.07, 6.45) is 10.1. The Morgan fingerprint density at radius 3 is 3.09 bits per heavy atom. The van der Waals surface area contributed by atoms with Crippen molar-refractivity contribution in [3.8, 4) is 5.75 Å². The van der Waals surface area contributed by atoms with Gasteiger partial charge in [0.2, 0.25) is 0 Å². The quantitative estimate of drug-likeness (QED) is 0.582. The van der Waals surface area contributed by atoms with E-state index in [1.165, 1.54) is 49.7 Å². The summed E-state index contributed by atoms with van der Waals surface area (Å²) in [6.45, 7) is 4.28. The first kappa shape index (κ1) is 15.3. The van der Waals surface area contributed by atoms with Crippen LogP contribution in [0.5, 0.6) is 5.75 Å². The lowest BCUT2D eigenvalue weighted by Crippen LogP contribution is -2.59. The van der Waals surface area contributed by atoms with Crippen LogP contribution in [0.15, 0.2) is 12.1 Å². The number of phenols is 1. The molecule has 3 N–H and O–H groups in total. The molecule has 2 aliphatic carbocycles. The molecule has 0 amide bonds.